The predicted octanol–water partition coefficient (Wildman–Crippen LogP) is 1.82. The minimum atomic E-state index is -0.266. The van der Waals surface area contributed by atoms with Gasteiger partial charge in [0.05, 0.1) is 6.04 Å². The van der Waals surface area contributed by atoms with Gasteiger partial charge >= 0.3 is 6.03 Å². The number of carbonyl (C=O) groups is 2. The van der Waals surface area contributed by atoms with Gasteiger partial charge in [0, 0.05) is 25.0 Å². The smallest absolute Gasteiger partial charge is 0.315 e. The number of benzene rings is 1. The first-order chi connectivity index (χ1) is 11.0. The van der Waals surface area contributed by atoms with Crippen LogP contribution in [0.5, 0.6) is 0 Å². The quantitative estimate of drug-likeness (QED) is 0.870. The minimum absolute atomic E-state index is 0.0721. The maximum atomic E-state index is 12.9. The highest BCUT2D eigenvalue weighted by Gasteiger charge is 2.39. The average Bonchev–Trinajstić information content (AvgIpc) is 3.26. The van der Waals surface area contributed by atoms with Crippen LogP contribution < -0.4 is 10.6 Å². The van der Waals surface area contributed by atoms with Crippen LogP contribution in [0.4, 0.5) is 9.18 Å². The van der Waals surface area contributed by atoms with Crippen LogP contribution in [0.25, 0.3) is 0 Å². The molecule has 6 heteroatoms. The van der Waals surface area contributed by atoms with Gasteiger partial charge in [-0.3, -0.25) is 4.79 Å². The van der Waals surface area contributed by atoms with E-state index in [2.05, 4.69) is 10.6 Å². The fraction of sp³-hybridized carbons (Fsp3) is 0.529. The molecule has 0 aromatic heterocycles. The molecule has 1 saturated heterocycles. The van der Waals surface area contributed by atoms with Crippen molar-refractivity contribution >= 4 is 11.9 Å². The lowest BCUT2D eigenvalue weighted by Crippen LogP contribution is -2.46. The van der Waals surface area contributed by atoms with Gasteiger partial charge in [-0.2, -0.15) is 0 Å². The van der Waals surface area contributed by atoms with E-state index in [0.29, 0.717) is 25.4 Å². The van der Waals surface area contributed by atoms with E-state index in [0.717, 1.165) is 18.4 Å². The second-order valence-corrected chi connectivity index (χ2v) is 6.53. The molecule has 0 spiro atoms. The monoisotopic (exact) mass is 319 g/mol. The van der Waals surface area contributed by atoms with E-state index in [1.165, 1.54) is 12.1 Å². The number of rotatable bonds is 5. The Morgan fingerprint density at radius 3 is 2.70 bits per heavy atom. The first kappa shape index (κ1) is 15.8. The lowest BCUT2D eigenvalue weighted by molar-refractivity contribution is -0.128. The Balaban J connectivity index is 1.43. The van der Waals surface area contributed by atoms with Gasteiger partial charge in [0.25, 0.3) is 0 Å². The Bertz CT molecular complexity index is 586. The molecule has 2 fully saturated rings. The lowest BCUT2D eigenvalue weighted by Gasteiger charge is -2.18. The van der Waals surface area contributed by atoms with Crippen molar-refractivity contribution in [2.24, 2.45) is 0 Å². The van der Waals surface area contributed by atoms with Gasteiger partial charge < -0.3 is 15.5 Å². The summed E-state index contributed by atoms with van der Waals surface area (Å²) in [5, 5.41) is 5.75. The molecule has 3 rings (SSSR count). The molecule has 1 saturated carbocycles. The van der Waals surface area contributed by atoms with Gasteiger partial charge in [-0.25, -0.2) is 9.18 Å². The minimum Gasteiger partial charge on any atom is -0.338 e. The van der Waals surface area contributed by atoms with Gasteiger partial charge in [-0.15, -0.1) is 0 Å². The van der Waals surface area contributed by atoms with E-state index < -0.39 is 0 Å². The summed E-state index contributed by atoms with van der Waals surface area (Å²) >= 11 is 0. The molecule has 124 valence electrons. The van der Waals surface area contributed by atoms with Gasteiger partial charge in [-0.05, 0) is 43.9 Å². The van der Waals surface area contributed by atoms with E-state index in [-0.39, 0.29) is 29.8 Å². The molecule has 1 heterocycles. The highest BCUT2D eigenvalue weighted by atomic mass is 19.1. The van der Waals surface area contributed by atoms with Crippen LogP contribution in [0.15, 0.2) is 24.3 Å². The molecule has 2 N–H and O–H groups in total. The first-order valence-electron chi connectivity index (χ1n) is 8.12. The second kappa shape index (κ2) is 6.56. The van der Waals surface area contributed by atoms with Crippen LogP contribution in [0.2, 0.25) is 0 Å². The summed E-state index contributed by atoms with van der Waals surface area (Å²) in [6, 6.07) is 6.23. The fourth-order valence-electron chi connectivity index (χ4n) is 3.04. The summed E-state index contributed by atoms with van der Waals surface area (Å²) in [6.45, 7) is 2.52. The van der Waals surface area contributed by atoms with E-state index in [4.69, 9.17) is 0 Å². The van der Waals surface area contributed by atoms with Crippen molar-refractivity contribution in [3.05, 3.63) is 35.6 Å². The number of amides is 3. The van der Waals surface area contributed by atoms with Crippen molar-refractivity contribution in [2.75, 3.05) is 6.54 Å². The molecule has 3 amide bonds. The molecular formula is C17H22FN3O2. The van der Waals surface area contributed by atoms with Crippen LogP contribution in [0.1, 0.15) is 31.7 Å². The molecule has 0 unspecified atom stereocenters. The Morgan fingerprint density at radius 1 is 1.35 bits per heavy atom. The standard InChI is InChI=1S/C17H22FN3O2/c1-11(8-12-2-4-13(18)5-3-12)19-17(23)20-14-9-16(22)21(10-14)15-6-7-15/h2-5,11,14-15H,6-10H2,1H3,(H2,19,20,23)/t11-,14-/m1/s1. The van der Waals surface area contributed by atoms with Crippen LogP contribution in [0, 0.1) is 5.82 Å². The number of nitrogens with one attached hydrogen (secondary N) is 2. The first-order valence-corrected chi connectivity index (χ1v) is 8.12. The third kappa shape index (κ3) is 4.21. The SMILES string of the molecule is C[C@H](Cc1ccc(F)cc1)NC(=O)N[C@@H]1CC(=O)N(C2CC2)C1. The maximum absolute atomic E-state index is 12.9. The van der Waals surface area contributed by atoms with Gasteiger partial charge in [-0.1, -0.05) is 12.1 Å². The number of carbonyl (C=O) groups excluding carboxylic acids is 2. The van der Waals surface area contributed by atoms with E-state index >= 15 is 0 Å². The zero-order chi connectivity index (χ0) is 16.4. The van der Waals surface area contributed by atoms with Crippen molar-refractivity contribution in [2.45, 2.75) is 50.7 Å². The largest absolute Gasteiger partial charge is 0.338 e. The summed E-state index contributed by atoms with van der Waals surface area (Å²) in [4.78, 5) is 25.8. The second-order valence-electron chi connectivity index (χ2n) is 6.53. The molecule has 1 aliphatic heterocycles. The van der Waals surface area contributed by atoms with Crippen molar-refractivity contribution in [1.29, 1.82) is 0 Å². The van der Waals surface area contributed by atoms with Crippen molar-refractivity contribution < 1.29 is 14.0 Å². The maximum Gasteiger partial charge on any atom is 0.315 e. The highest BCUT2D eigenvalue weighted by Crippen LogP contribution is 2.30. The fourth-order valence-corrected chi connectivity index (χ4v) is 3.04. The Kier molecular flexibility index (Phi) is 4.50. The molecule has 23 heavy (non-hydrogen) atoms. The lowest BCUT2D eigenvalue weighted by atomic mass is 10.1. The highest BCUT2D eigenvalue weighted by molar-refractivity contribution is 5.82. The molecule has 0 radical (unpaired) electrons. The van der Waals surface area contributed by atoms with E-state index in [1.54, 1.807) is 12.1 Å². The van der Waals surface area contributed by atoms with E-state index in [1.807, 2.05) is 11.8 Å². The Hall–Kier alpha value is -2.11. The average molecular weight is 319 g/mol. The topological polar surface area (TPSA) is 61.4 Å². The van der Waals surface area contributed by atoms with Crippen LogP contribution >= 0.6 is 0 Å². The van der Waals surface area contributed by atoms with Crippen molar-refractivity contribution in [3.63, 3.8) is 0 Å². The van der Waals surface area contributed by atoms with Crippen LogP contribution in [0.3, 0.4) is 0 Å². The Labute approximate surface area is 135 Å². The number of likely N-dealkylation sites (tertiary alicyclic amines) is 1. The third-order valence-corrected chi connectivity index (χ3v) is 4.31. The zero-order valence-electron chi connectivity index (χ0n) is 13.2. The zero-order valence-corrected chi connectivity index (χ0v) is 13.2. The number of urea groups is 1. The summed E-state index contributed by atoms with van der Waals surface area (Å²) in [5.74, 6) is -0.129. The molecule has 2 aliphatic rings. The van der Waals surface area contributed by atoms with Crippen molar-refractivity contribution in [1.82, 2.24) is 15.5 Å². The number of hydrogen-bond acceptors (Lipinski definition) is 2. The van der Waals surface area contributed by atoms with Crippen molar-refractivity contribution in [3.8, 4) is 0 Å². The number of nitrogens with zero attached hydrogens (tertiary/aromatic N) is 1. The third-order valence-electron chi connectivity index (χ3n) is 4.31. The summed E-state index contributed by atoms with van der Waals surface area (Å²) < 4.78 is 12.9. The summed E-state index contributed by atoms with van der Waals surface area (Å²) in [7, 11) is 0. The number of hydrogen-bond donors (Lipinski definition) is 2. The predicted molar refractivity (Wildman–Crippen MR) is 84.4 cm³/mol. The van der Waals surface area contributed by atoms with Gasteiger partial charge in [0.2, 0.25) is 5.91 Å². The molecule has 1 aromatic carbocycles. The summed E-state index contributed by atoms with van der Waals surface area (Å²) in [5.41, 5.74) is 0.968. The van der Waals surface area contributed by atoms with Crippen LogP contribution in [-0.4, -0.2) is 41.5 Å². The normalized spacial score (nSPS) is 22.1. The molecule has 5 nitrogen and oxygen atoms in total. The molecule has 1 aliphatic carbocycles. The summed E-state index contributed by atoms with van der Waals surface area (Å²) in [6.07, 6.45) is 3.18. The molecule has 2 atom stereocenters. The molecule has 1 aromatic rings. The number of halogens is 1. The van der Waals surface area contributed by atoms with Gasteiger partial charge in [0.1, 0.15) is 5.82 Å². The Morgan fingerprint density at radius 2 is 2.04 bits per heavy atom. The van der Waals surface area contributed by atoms with Crippen LogP contribution in [-0.2, 0) is 11.2 Å². The van der Waals surface area contributed by atoms with Gasteiger partial charge in [0.15, 0.2) is 0 Å². The molecular weight excluding hydrogens is 297 g/mol. The molecule has 0 bridgehead atoms. The van der Waals surface area contributed by atoms with E-state index in [9.17, 15) is 14.0 Å².